The molecule has 0 aliphatic rings. The van der Waals surface area contributed by atoms with Crippen LogP contribution in [-0.2, 0) is 6.42 Å². The molecule has 0 aliphatic carbocycles. The Kier molecular flexibility index (Phi) is 3.69. The molecular weight excluding hydrogens is 264 g/mol. The van der Waals surface area contributed by atoms with Gasteiger partial charge in [-0.25, -0.2) is 4.98 Å². The molecule has 21 heavy (non-hydrogen) atoms. The first kappa shape index (κ1) is 13.4. The summed E-state index contributed by atoms with van der Waals surface area (Å²) in [5.41, 5.74) is 4.57. The highest BCUT2D eigenvalue weighted by Gasteiger charge is 2.05. The van der Waals surface area contributed by atoms with Crippen LogP contribution in [0.2, 0.25) is 0 Å². The van der Waals surface area contributed by atoms with Crippen LogP contribution < -0.4 is 5.32 Å². The average Bonchev–Trinajstić information content (AvgIpc) is 2.95. The lowest BCUT2D eigenvalue weighted by Gasteiger charge is -2.05. The molecule has 0 saturated carbocycles. The summed E-state index contributed by atoms with van der Waals surface area (Å²) in [5.74, 6) is -0.0456. The van der Waals surface area contributed by atoms with Gasteiger partial charge < -0.3 is 9.73 Å². The van der Waals surface area contributed by atoms with Crippen LogP contribution in [0.1, 0.15) is 21.5 Å². The zero-order chi connectivity index (χ0) is 14.7. The fraction of sp³-hybridized carbons (Fsp3) is 0.176. The van der Waals surface area contributed by atoms with Crippen LogP contribution >= 0.6 is 0 Å². The quantitative estimate of drug-likeness (QED) is 0.799. The maximum absolute atomic E-state index is 12.0. The van der Waals surface area contributed by atoms with E-state index < -0.39 is 0 Å². The molecule has 0 unspecified atom stereocenters. The van der Waals surface area contributed by atoms with E-state index in [0.29, 0.717) is 12.1 Å². The van der Waals surface area contributed by atoms with E-state index in [1.807, 2.05) is 49.4 Å². The van der Waals surface area contributed by atoms with Crippen LogP contribution in [0, 0.1) is 6.92 Å². The number of rotatable bonds is 4. The number of nitrogens with zero attached hydrogens (tertiary/aromatic N) is 1. The number of aryl methyl sites for hydroxylation is 1. The summed E-state index contributed by atoms with van der Waals surface area (Å²) in [6.45, 7) is 2.59. The molecule has 3 rings (SSSR count). The van der Waals surface area contributed by atoms with Crippen molar-refractivity contribution in [2.75, 3.05) is 6.54 Å². The van der Waals surface area contributed by atoms with Crippen molar-refractivity contribution in [3.05, 3.63) is 65.5 Å². The van der Waals surface area contributed by atoms with Crippen molar-refractivity contribution in [3.8, 4) is 0 Å². The van der Waals surface area contributed by atoms with Crippen molar-refractivity contribution in [1.29, 1.82) is 0 Å². The summed E-state index contributed by atoms with van der Waals surface area (Å²) >= 11 is 0. The fourth-order valence-corrected chi connectivity index (χ4v) is 2.18. The maximum Gasteiger partial charge on any atom is 0.251 e. The van der Waals surface area contributed by atoms with Crippen molar-refractivity contribution in [2.45, 2.75) is 13.3 Å². The first-order valence-corrected chi connectivity index (χ1v) is 6.89. The summed E-state index contributed by atoms with van der Waals surface area (Å²) < 4.78 is 5.27. The molecule has 0 atom stereocenters. The molecule has 0 fully saturated rings. The molecule has 106 valence electrons. The second kappa shape index (κ2) is 5.79. The minimum Gasteiger partial charge on any atom is -0.443 e. The van der Waals surface area contributed by atoms with Gasteiger partial charge in [-0.15, -0.1) is 0 Å². The predicted molar refractivity (Wildman–Crippen MR) is 81.2 cm³/mol. The summed E-state index contributed by atoms with van der Waals surface area (Å²) in [7, 11) is 0. The first-order chi connectivity index (χ1) is 10.2. The number of hydrogen-bond donors (Lipinski definition) is 1. The predicted octanol–water partition coefficient (Wildman–Crippen LogP) is 3.11. The van der Waals surface area contributed by atoms with Gasteiger partial charge in [0.05, 0.1) is 0 Å². The zero-order valence-electron chi connectivity index (χ0n) is 11.8. The smallest absolute Gasteiger partial charge is 0.251 e. The standard InChI is InChI=1S/C17H16N2O2/c1-12-2-5-14(6-3-12)17(20)18-9-8-13-4-7-15-16(10-13)21-11-19-15/h2-7,10-11H,8-9H2,1H3,(H,18,20). The van der Waals surface area contributed by atoms with Gasteiger partial charge in [-0.1, -0.05) is 23.8 Å². The van der Waals surface area contributed by atoms with Crippen LogP contribution in [0.25, 0.3) is 11.1 Å². The Morgan fingerprint density at radius 2 is 2.00 bits per heavy atom. The molecule has 3 aromatic rings. The number of aromatic nitrogens is 1. The maximum atomic E-state index is 12.0. The first-order valence-electron chi connectivity index (χ1n) is 6.89. The molecule has 2 aromatic carbocycles. The van der Waals surface area contributed by atoms with Crippen molar-refractivity contribution >= 4 is 17.0 Å². The fourth-order valence-electron chi connectivity index (χ4n) is 2.18. The number of fused-ring (bicyclic) bond motifs is 1. The number of oxazole rings is 1. The number of nitrogens with one attached hydrogen (secondary N) is 1. The molecule has 0 saturated heterocycles. The highest BCUT2D eigenvalue weighted by molar-refractivity contribution is 5.94. The third-order valence-corrected chi connectivity index (χ3v) is 3.41. The Balaban J connectivity index is 1.57. The Hall–Kier alpha value is -2.62. The lowest BCUT2D eigenvalue weighted by Crippen LogP contribution is -2.25. The molecule has 1 N–H and O–H groups in total. The second-order valence-corrected chi connectivity index (χ2v) is 5.03. The van der Waals surface area contributed by atoms with E-state index in [4.69, 9.17) is 4.42 Å². The highest BCUT2D eigenvalue weighted by atomic mass is 16.3. The minimum absolute atomic E-state index is 0.0456. The lowest BCUT2D eigenvalue weighted by molar-refractivity contribution is 0.0954. The Morgan fingerprint density at radius 3 is 2.81 bits per heavy atom. The van der Waals surface area contributed by atoms with Crippen LogP contribution in [0.4, 0.5) is 0 Å². The summed E-state index contributed by atoms with van der Waals surface area (Å²) in [6.07, 6.45) is 2.20. The molecular formula is C17H16N2O2. The largest absolute Gasteiger partial charge is 0.443 e. The van der Waals surface area contributed by atoms with Gasteiger partial charge in [-0.3, -0.25) is 4.79 Å². The van der Waals surface area contributed by atoms with E-state index in [0.717, 1.165) is 28.6 Å². The van der Waals surface area contributed by atoms with Crippen molar-refractivity contribution in [2.24, 2.45) is 0 Å². The van der Waals surface area contributed by atoms with E-state index in [2.05, 4.69) is 10.3 Å². The number of carbonyl (C=O) groups excluding carboxylic acids is 1. The Morgan fingerprint density at radius 1 is 1.19 bits per heavy atom. The monoisotopic (exact) mass is 280 g/mol. The SMILES string of the molecule is Cc1ccc(C(=O)NCCc2ccc3ncoc3c2)cc1. The van der Waals surface area contributed by atoms with Gasteiger partial charge in [0.2, 0.25) is 0 Å². The highest BCUT2D eigenvalue weighted by Crippen LogP contribution is 2.14. The molecule has 0 radical (unpaired) electrons. The van der Waals surface area contributed by atoms with E-state index >= 15 is 0 Å². The normalized spacial score (nSPS) is 10.7. The molecule has 1 heterocycles. The van der Waals surface area contributed by atoms with E-state index in [1.165, 1.54) is 6.39 Å². The van der Waals surface area contributed by atoms with E-state index in [1.54, 1.807) is 0 Å². The molecule has 4 nitrogen and oxygen atoms in total. The van der Waals surface area contributed by atoms with Gasteiger partial charge in [0, 0.05) is 12.1 Å². The molecule has 1 aromatic heterocycles. The van der Waals surface area contributed by atoms with E-state index in [9.17, 15) is 4.79 Å². The topological polar surface area (TPSA) is 55.1 Å². The Labute approximate surface area is 122 Å². The third-order valence-electron chi connectivity index (χ3n) is 3.41. The van der Waals surface area contributed by atoms with Crippen LogP contribution in [-0.4, -0.2) is 17.4 Å². The minimum atomic E-state index is -0.0456. The number of hydrogen-bond acceptors (Lipinski definition) is 3. The second-order valence-electron chi connectivity index (χ2n) is 5.03. The summed E-state index contributed by atoms with van der Waals surface area (Å²) in [5, 5.41) is 2.92. The molecule has 0 aliphatic heterocycles. The van der Waals surface area contributed by atoms with Gasteiger partial charge in [0.25, 0.3) is 5.91 Å². The number of amides is 1. The van der Waals surface area contributed by atoms with E-state index in [-0.39, 0.29) is 5.91 Å². The molecule has 1 amide bonds. The summed E-state index contributed by atoms with van der Waals surface area (Å²) in [6, 6.07) is 13.4. The number of benzene rings is 2. The van der Waals surface area contributed by atoms with Gasteiger partial charge in [0.1, 0.15) is 5.52 Å². The van der Waals surface area contributed by atoms with Gasteiger partial charge in [-0.05, 0) is 43.2 Å². The Bertz CT molecular complexity index is 760. The average molecular weight is 280 g/mol. The molecule has 4 heteroatoms. The number of carbonyl (C=O) groups is 1. The lowest BCUT2D eigenvalue weighted by atomic mass is 10.1. The zero-order valence-corrected chi connectivity index (χ0v) is 11.8. The van der Waals surface area contributed by atoms with Crippen molar-refractivity contribution in [1.82, 2.24) is 10.3 Å². The van der Waals surface area contributed by atoms with Gasteiger partial charge in [-0.2, -0.15) is 0 Å². The van der Waals surface area contributed by atoms with Gasteiger partial charge >= 0.3 is 0 Å². The van der Waals surface area contributed by atoms with Crippen LogP contribution in [0.15, 0.2) is 53.3 Å². The van der Waals surface area contributed by atoms with Gasteiger partial charge in [0.15, 0.2) is 12.0 Å². The molecule has 0 bridgehead atoms. The van der Waals surface area contributed by atoms with Crippen molar-refractivity contribution < 1.29 is 9.21 Å². The summed E-state index contributed by atoms with van der Waals surface area (Å²) in [4.78, 5) is 16.1. The molecule has 0 spiro atoms. The third kappa shape index (κ3) is 3.11. The van der Waals surface area contributed by atoms with Crippen LogP contribution in [0.3, 0.4) is 0 Å². The van der Waals surface area contributed by atoms with Crippen LogP contribution in [0.5, 0.6) is 0 Å². The van der Waals surface area contributed by atoms with Crippen molar-refractivity contribution in [3.63, 3.8) is 0 Å².